The van der Waals surface area contributed by atoms with Crippen LogP contribution in [0.15, 0.2) is 0 Å². The average molecular weight is 134 g/mol. The first kappa shape index (κ1) is 8.88. The minimum absolute atomic E-state index is 0.0694. The van der Waals surface area contributed by atoms with Gasteiger partial charge in [-0.25, -0.2) is 0 Å². The van der Waals surface area contributed by atoms with E-state index in [0.29, 0.717) is 13.2 Å². The number of hydrogen-bond donors (Lipinski definition) is 0. The highest BCUT2D eigenvalue weighted by atomic mass is 16.5. The van der Waals surface area contributed by atoms with Crippen molar-refractivity contribution in [2.75, 3.05) is 34.5 Å². The van der Waals surface area contributed by atoms with Gasteiger partial charge in [-0.1, -0.05) is 0 Å². The number of rotatable bonds is 5. The van der Waals surface area contributed by atoms with Crippen LogP contribution < -0.4 is 0 Å². The topological polar surface area (TPSA) is 27.7 Å². The molecular formula is C6H14O3. The molecule has 0 amide bonds. The lowest BCUT2D eigenvalue weighted by molar-refractivity contribution is -0.0178. The lowest BCUT2D eigenvalue weighted by Gasteiger charge is -2.11. The highest BCUT2D eigenvalue weighted by Gasteiger charge is 2.03. The summed E-state index contributed by atoms with van der Waals surface area (Å²) in [6.45, 7) is 1.18. The number of hydrogen-bond acceptors (Lipinski definition) is 3. The molecule has 0 saturated carbocycles. The van der Waals surface area contributed by atoms with E-state index < -0.39 is 0 Å². The summed E-state index contributed by atoms with van der Waals surface area (Å²) in [4.78, 5) is 0. The fourth-order valence-electron chi connectivity index (χ4n) is 0.556. The summed E-state index contributed by atoms with van der Waals surface area (Å²) < 4.78 is 14.7. The third-order valence-electron chi connectivity index (χ3n) is 1.04. The normalized spacial score (nSPS) is 10.7. The van der Waals surface area contributed by atoms with Gasteiger partial charge in [-0.05, 0) is 0 Å². The van der Waals surface area contributed by atoms with Gasteiger partial charge in [-0.2, -0.15) is 0 Å². The van der Waals surface area contributed by atoms with Crippen LogP contribution in [0.25, 0.3) is 0 Å². The third-order valence-corrected chi connectivity index (χ3v) is 1.04. The van der Waals surface area contributed by atoms with Gasteiger partial charge in [0.1, 0.15) is 6.10 Å². The van der Waals surface area contributed by atoms with Crippen LogP contribution in [0.3, 0.4) is 0 Å². The molecule has 0 N–H and O–H groups in total. The zero-order valence-corrected chi connectivity index (χ0v) is 6.22. The van der Waals surface area contributed by atoms with E-state index in [-0.39, 0.29) is 6.10 Å². The van der Waals surface area contributed by atoms with E-state index in [1.165, 1.54) is 0 Å². The van der Waals surface area contributed by atoms with Crippen LogP contribution in [-0.2, 0) is 14.2 Å². The van der Waals surface area contributed by atoms with E-state index in [2.05, 4.69) is 0 Å². The molecule has 0 aromatic carbocycles. The highest BCUT2D eigenvalue weighted by Crippen LogP contribution is 1.89. The Balaban J connectivity index is 3.18. The molecule has 0 radical (unpaired) electrons. The molecule has 0 fully saturated rings. The molecule has 0 unspecified atom stereocenters. The van der Waals surface area contributed by atoms with Gasteiger partial charge in [0.2, 0.25) is 0 Å². The Morgan fingerprint density at radius 1 is 1.00 bits per heavy atom. The van der Waals surface area contributed by atoms with E-state index in [0.717, 1.165) is 0 Å². The van der Waals surface area contributed by atoms with Crippen LogP contribution in [0.2, 0.25) is 0 Å². The van der Waals surface area contributed by atoms with Crippen LogP contribution in [0.4, 0.5) is 0 Å². The average Bonchev–Trinajstić information content (AvgIpc) is 1.88. The summed E-state index contributed by atoms with van der Waals surface area (Å²) in [5.41, 5.74) is 0. The van der Waals surface area contributed by atoms with Crippen LogP contribution in [0, 0.1) is 0 Å². The van der Waals surface area contributed by atoms with Crippen molar-refractivity contribution < 1.29 is 14.2 Å². The zero-order chi connectivity index (χ0) is 7.11. The van der Waals surface area contributed by atoms with Gasteiger partial charge >= 0.3 is 0 Å². The molecule has 0 aliphatic heterocycles. The molecule has 0 saturated heterocycles. The minimum Gasteiger partial charge on any atom is -0.382 e. The van der Waals surface area contributed by atoms with Crippen molar-refractivity contribution in [1.82, 2.24) is 0 Å². The Kier molecular flexibility index (Phi) is 5.93. The van der Waals surface area contributed by atoms with Crippen LogP contribution in [-0.4, -0.2) is 40.6 Å². The first-order chi connectivity index (χ1) is 4.35. The summed E-state index contributed by atoms with van der Waals surface area (Å²) >= 11 is 0. The molecule has 0 heterocycles. The van der Waals surface area contributed by atoms with Gasteiger partial charge in [0.25, 0.3) is 0 Å². The van der Waals surface area contributed by atoms with E-state index in [1.54, 1.807) is 21.3 Å². The van der Waals surface area contributed by atoms with Crippen molar-refractivity contribution >= 4 is 0 Å². The first-order valence-electron chi connectivity index (χ1n) is 2.85. The van der Waals surface area contributed by atoms with Gasteiger partial charge in [0, 0.05) is 21.3 Å². The fourth-order valence-corrected chi connectivity index (χ4v) is 0.556. The molecule has 0 aliphatic carbocycles. The van der Waals surface area contributed by atoms with Crippen molar-refractivity contribution in [3.05, 3.63) is 0 Å². The zero-order valence-electron chi connectivity index (χ0n) is 6.22. The maximum Gasteiger partial charge on any atom is 0.104 e. The SMILES string of the molecule is COCC(COC)OC. The molecule has 0 spiro atoms. The molecule has 0 rings (SSSR count). The van der Waals surface area contributed by atoms with E-state index in [1.807, 2.05) is 0 Å². The van der Waals surface area contributed by atoms with Crippen molar-refractivity contribution in [1.29, 1.82) is 0 Å². The van der Waals surface area contributed by atoms with Gasteiger partial charge in [-0.3, -0.25) is 0 Å². The quantitative estimate of drug-likeness (QED) is 0.541. The fraction of sp³-hybridized carbons (Fsp3) is 1.00. The summed E-state index contributed by atoms with van der Waals surface area (Å²) in [6.07, 6.45) is 0.0694. The second-order valence-electron chi connectivity index (χ2n) is 1.77. The monoisotopic (exact) mass is 134 g/mol. The first-order valence-corrected chi connectivity index (χ1v) is 2.85. The summed E-state index contributed by atoms with van der Waals surface area (Å²) in [6, 6.07) is 0. The van der Waals surface area contributed by atoms with E-state index in [9.17, 15) is 0 Å². The molecule has 0 bridgehead atoms. The summed E-state index contributed by atoms with van der Waals surface area (Å²) in [5.74, 6) is 0. The van der Waals surface area contributed by atoms with Gasteiger partial charge in [-0.15, -0.1) is 0 Å². The number of ether oxygens (including phenoxy) is 3. The van der Waals surface area contributed by atoms with Crippen molar-refractivity contribution in [3.63, 3.8) is 0 Å². The van der Waals surface area contributed by atoms with Gasteiger partial charge in [0.05, 0.1) is 13.2 Å². The molecule has 3 heteroatoms. The third kappa shape index (κ3) is 4.39. The lowest BCUT2D eigenvalue weighted by Crippen LogP contribution is -2.22. The number of methoxy groups -OCH3 is 3. The Morgan fingerprint density at radius 2 is 1.44 bits per heavy atom. The molecule has 56 valence electrons. The largest absolute Gasteiger partial charge is 0.382 e. The van der Waals surface area contributed by atoms with Crippen LogP contribution in [0.5, 0.6) is 0 Å². The Bertz CT molecular complexity index is 50.3. The highest BCUT2D eigenvalue weighted by molar-refractivity contribution is 4.51. The van der Waals surface area contributed by atoms with Gasteiger partial charge < -0.3 is 14.2 Å². The molecule has 0 aromatic heterocycles. The van der Waals surface area contributed by atoms with E-state index in [4.69, 9.17) is 14.2 Å². The minimum atomic E-state index is 0.0694. The smallest absolute Gasteiger partial charge is 0.104 e. The standard InChI is InChI=1S/C6H14O3/c1-7-4-6(9-3)5-8-2/h6H,4-5H2,1-3H3. The summed E-state index contributed by atoms with van der Waals surface area (Å²) in [7, 11) is 4.92. The lowest BCUT2D eigenvalue weighted by atomic mass is 10.4. The van der Waals surface area contributed by atoms with Crippen molar-refractivity contribution in [2.45, 2.75) is 6.10 Å². The van der Waals surface area contributed by atoms with E-state index >= 15 is 0 Å². The van der Waals surface area contributed by atoms with Crippen LogP contribution in [0.1, 0.15) is 0 Å². The Hall–Kier alpha value is -0.120. The second-order valence-corrected chi connectivity index (χ2v) is 1.77. The molecular weight excluding hydrogens is 120 g/mol. The van der Waals surface area contributed by atoms with Crippen molar-refractivity contribution in [3.8, 4) is 0 Å². The molecule has 9 heavy (non-hydrogen) atoms. The van der Waals surface area contributed by atoms with Gasteiger partial charge in [0.15, 0.2) is 0 Å². The molecule has 0 atom stereocenters. The Morgan fingerprint density at radius 3 is 1.67 bits per heavy atom. The maximum atomic E-state index is 4.98. The van der Waals surface area contributed by atoms with Crippen LogP contribution >= 0.6 is 0 Å². The second kappa shape index (κ2) is 6.01. The molecule has 0 aromatic rings. The predicted molar refractivity (Wildman–Crippen MR) is 34.5 cm³/mol. The maximum absolute atomic E-state index is 4.98. The predicted octanol–water partition coefficient (Wildman–Crippen LogP) is 0.294. The summed E-state index contributed by atoms with van der Waals surface area (Å²) in [5, 5.41) is 0. The van der Waals surface area contributed by atoms with Crippen molar-refractivity contribution in [2.24, 2.45) is 0 Å². The molecule has 0 aliphatic rings. The Labute approximate surface area is 55.9 Å². The molecule has 3 nitrogen and oxygen atoms in total.